The fraction of sp³-hybridized carbons (Fsp3) is 0.172. The Bertz CT molecular complexity index is 1630. The van der Waals surface area contributed by atoms with E-state index in [9.17, 15) is 14.4 Å². The molecule has 39 heavy (non-hydrogen) atoms. The molecule has 0 radical (unpaired) electrons. The van der Waals surface area contributed by atoms with Crippen molar-refractivity contribution in [1.29, 1.82) is 0 Å². The monoisotopic (exact) mass is 539 g/mol. The largest absolute Gasteiger partial charge is 0.457 e. The van der Waals surface area contributed by atoms with Gasteiger partial charge in [-0.15, -0.1) is 11.3 Å². The number of aryl methyl sites for hydroxylation is 1. The number of anilines is 3. The van der Waals surface area contributed by atoms with Gasteiger partial charge in [0, 0.05) is 25.3 Å². The number of amides is 4. The Morgan fingerprint density at radius 3 is 2.74 bits per heavy atom. The summed E-state index contributed by atoms with van der Waals surface area (Å²) < 4.78 is 5.95. The number of carbonyl (C=O) groups excluding carboxylic acids is 3. The summed E-state index contributed by atoms with van der Waals surface area (Å²) in [6.07, 6.45) is 3.57. The molecular weight excluding hydrogens is 514 g/mol. The van der Waals surface area contributed by atoms with Gasteiger partial charge in [0.05, 0.1) is 22.4 Å². The van der Waals surface area contributed by atoms with Gasteiger partial charge in [-0.3, -0.25) is 14.5 Å². The number of aromatic nitrogens is 1. The van der Waals surface area contributed by atoms with Crippen molar-refractivity contribution < 1.29 is 19.1 Å². The maximum Gasteiger partial charge on any atom is 0.331 e. The quantitative estimate of drug-likeness (QED) is 0.311. The van der Waals surface area contributed by atoms with Crippen molar-refractivity contribution >= 4 is 56.5 Å². The van der Waals surface area contributed by atoms with Crippen molar-refractivity contribution in [3.05, 3.63) is 83.9 Å². The fourth-order valence-electron chi connectivity index (χ4n) is 5.01. The molecule has 2 aromatic carbocycles. The fourth-order valence-corrected chi connectivity index (χ4v) is 6.03. The van der Waals surface area contributed by atoms with Crippen molar-refractivity contribution in [3.63, 3.8) is 0 Å². The highest BCUT2D eigenvalue weighted by atomic mass is 32.1. The van der Waals surface area contributed by atoms with E-state index in [2.05, 4.69) is 22.2 Å². The van der Waals surface area contributed by atoms with Crippen LogP contribution in [0, 0.1) is 6.92 Å². The lowest BCUT2D eigenvalue weighted by Crippen LogP contribution is -2.39. The smallest absolute Gasteiger partial charge is 0.331 e. The maximum absolute atomic E-state index is 13.5. The number of benzene rings is 2. The Morgan fingerprint density at radius 1 is 1.15 bits per heavy atom. The van der Waals surface area contributed by atoms with Crippen molar-refractivity contribution in [1.82, 2.24) is 15.2 Å². The van der Waals surface area contributed by atoms with Gasteiger partial charge in [-0.2, -0.15) is 0 Å². The Labute approximate surface area is 228 Å². The number of likely N-dealkylation sites (tertiary alicyclic amines) is 1. The van der Waals surface area contributed by atoms with Gasteiger partial charge in [0.25, 0.3) is 5.91 Å². The average Bonchev–Trinajstić information content (AvgIpc) is 3.55. The number of hydrogen-bond acceptors (Lipinski definition) is 6. The molecule has 10 heteroatoms. The molecule has 0 saturated carbocycles. The number of urea groups is 1. The van der Waals surface area contributed by atoms with Gasteiger partial charge < -0.3 is 20.3 Å². The minimum absolute atomic E-state index is 0.153. The number of rotatable bonds is 6. The van der Waals surface area contributed by atoms with Crippen LogP contribution in [0.5, 0.6) is 11.5 Å². The third-order valence-electron chi connectivity index (χ3n) is 6.85. The molecule has 0 spiro atoms. The summed E-state index contributed by atoms with van der Waals surface area (Å²) in [6.45, 7) is 6.42. The summed E-state index contributed by atoms with van der Waals surface area (Å²) in [4.78, 5) is 47.5. The molecule has 0 aliphatic carbocycles. The van der Waals surface area contributed by atoms with Crippen LogP contribution in [0.3, 0.4) is 0 Å². The van der Waals surface area contributed by atoms with E-state index in [1.807, 2.05) is 55.5 Å². The van der Waals surface area contributed by atoms with Gasteiger partial charge in [-0.25, -0.2) is 9.78 Å². The van der Waals surface area contributed by atoms with Gasteiger partial charge in [0.2, 0.25) is 5.91 Å². The summed E-state index contributed by atoms with van der Waals surface area (Å²) in [5.41, 5.74) is 2.65. The number of nitrogens with one attached hydrogen (secondary N) is 2. The number of carbonyl (C=O) groups is 3. The lowest BCUT2D eigenvalue weighted by atomic mass is 10.1. The SMILES string of the molecule is C=CC(=O)N1CCC(NC(=O)c2sc3nccc4c3c2NC(=O)N4c2ccc(Oc3ccccc3)cc2C)C1. The van der Waals surface area contributed by atoms with Gasteiger partial charge in [-0.1, -0.05) is 24.8 Å². The molecule has 1 unspecified atom stereocenters. The highest BCUT2D eigenvalue weighted by Crippen LogP contribution is 2.46. The first kappa shape index (κ1) is 24.6. The van der Waals surface area contributed by atoms with E-state index in [4.69, 9.17) is 4.74 Å². The molecule has 1 saturated heterocycles. The number of thiophene rings is 1. The lowest BCUT2D eigenvalue weighted by molar-refractivity contribution is -0.125. The molecule has 2 aromatic heterocycles. The van der Waals surface area contributed by atoms with E-state index in [1.165, 1.54) is 17.4 Å². The first-order valence-electron chi connectivity index (χ1n) is 12.5. The predicted molar refractivity (Wildman–Crippen MR) is 151 cm³/mol. The molecule has 9 nitrogen and oxygen atoms in total. The van der Waals surface area contributed by atoms with E-state index < -0.39 is 0 Å². The highest BCUT2D eigenvalue weighted by Gasteiger charge is 2.34. The van der Waals surface area contributed by atoms with Crippen molar-refractivity contribution in [2.24, 2.45) is 0 Å². The van der Waals surface area contributed by atoms with Crippen molar-refractivity contribution in [2.45, 2.75) is 19.4 Å². The molecule has 1 fully saturated rings. The second-order valence-electron chi connectivity index (χ2n) is 9.39. The van der Waals surface area contributed by atoms with Crippen molar-refractivity contribution in [3.8, 4) is 11.5 Å². The first-order valence-corrected chi connectivity index (χ1v) is 13.3. The van der Waals surface area contributed by atoms with Crippen LogP contribution in [-0.2, 0) is 4.79 Å². The van der Waals surface area contributed by atoms with Crippen LogP contribution < -0.4 is 20.3 Å². The van der Waals surface area contributed by atoms with Gasteiger partial charge in [-0.05, 0) is 61.4 Å². The van der Waals surface area contributed by atoms with E-state index in [-0.39, 0.29) is 23.9 Å². The number of ether oxygens (including phenoxy) is 1. The summed E-state index contributed by atoms with van der Waals surface area (Å²) in [7, 11) is 0. The van der Waals surface area contributed by atoms with Crippen LogP contribution >= 0.6 is 11.3 Å². The van der Waals surface area contributed by atoms with E-state index in [0.29, 0.717) is 57.4 Å². The third-order valence-corrected chi connectivity index (χ3v) is 7.95. The van der Waals surface area contributed by atoms with Crippen LogP contribution in [0.2, 0.25) is 0 Å². The minimum atomic E-state index is -0.370. The number of para-hydroxylation sites is 1. The molecule has 1 atom stereocenters. The van der Waals surface area contributed by atoms with Crippen LogP contribution in [0.25, 0.3) is 10.2 Å². The normalized spacial score (nSPS) is 16.2. The van der Waals surface area contributed by atoms with Gasteiger partial charge in [0.1, 0.15) is 21.2 Å². The van der Waals surface area contributed by atoms with Gasteiger partial charge in [0.15, 0.2) is 0 Å². The third kappa shape index (κ3) is 4.48. The summed E-state index contributed by atoms with van der Waals surface area (Å²) in [5, 5.41) is 6.66. The molecule has 4 heterocycles. The highest BCUT2D eigenvalue weighted by molar-refractivity contribution is 7.21. The molecule has 2 N–H and O–H groups in total. The Kier molecular flexibility index (Phi) is 6.24. The summed E-state index contributed by atoms with van der Waals surface area (Å²) in [6, 6.07) is 16.3. The number of hydrogen-bond donors (Lipinski definition) is 2. The van der Waals surface area contributed by atoms with E-state index in [1.54, 1.807) is 22.1 Å². The zero-order valence-electron chi connectivity index (χ0n) is 21.1. The number of nitrogens with zero attached hydrogens (tertiary/aromatic N) is 3. The second-order valence-corrected chi connectivity index (χ2v) is 10.4. The first-order chi connectivity index (χ1) is 18.9. The summed E-state index contributed by atoms with van der Waals surface area (Å²) >= 11 is 1.23. The van der Waals surface area contributed by atoms with Crippen LogP contribution in [0.1, 0.15) is 21.7 Å². The zero-order chi connectivity index (χ0) is 27.1. The Morgan fingerprint density at radius 2 is 1.97 bits per heavy atom. The van der Waals surface area contributed by atoms with E-state index >= 15 is 0 Å². The maximum atomic E-state index is 13.5. The molecule has 2 aliphatic heterocycles. The predicted octanol–water partition coefficient (Wildman–Crippen LogP) is 5.60. The van der Waals surface area contributed by atoms with Crippen LogP contribution in [0.4, 0.5) is 21.9 Å². The summed E-state index contributed by atoms with van der Waals surface area (Å²) in [5.74, 6) is 0.932. The van der Waals surface area contributed by atoms with Crippen LogP contribution in [0.15, 0.2) is 73.4 Å². The molecule has 4 amide bonds. The molecule has 2 aliphatic rings. The Balaban J connectivity index is 1.29. The zero-order valence-corrected chi connectivity index (χ0v) is 22.0. The van der Waals surface area contributed by atoms with Crippen LogP contribution in [-0.4, -0.2) is 46.9 Å². The van der Waals surface area contributed by atoms with E-state index in [0.717, 1.165) is 11.3 Å². The topological polar surface area (TPSA) is 104 Å². The second kappa shape index (κ2) is 9.88. The molecule has 196 valence electrons. The molecule has 4 aromatic rings. The molecular formula is C29H25N5O4S. The minimum Gasteiger partial charge on any atom is -0.457 e. The van der Waals surface area contributed by atoms with Crippen molar-refractivity contribution in [2.75, 3.05) is 23.3 Å². The average molecular weight is 540 g/mol. The molecule has 0 bridgehead atoms. The number of pyridine rings is 1. The van der Waals surface area contributed by atoms with Gasteiger partial charge >= 0.3 is 6.03 Å². The molecule has 6 rings (SSSR count). The Hall–Kier alpha value is -4.70. The standard InChI is InChI=1S/C29H25N5O4S/c1-3-23(35)33-14-12-18(16-33)31-27(36)26-25-24-22(11-13-30-28(24)39-26)34(29(37)32-25)21-10-9-20(15-17(21)2)38-19-7-5-4-6-8-19/h3-11,13,15,18H,1,12,14,16H2,2H3,(H,31,36)(H,32,37). The lowest BCUT2D eigenvalue weighted by Gasteiger charge is -2.29.